The van der Waals surface area contributed by atoms with E-state index in [-0.39, 0.29) is 36.8 Å². The summed E-state index contributed by atoms with van der Waals surface area (Å²) in [6, 6.07) is 0.00826. The zero-order valence-electron chi connectivity index (χ0n) is 17.3. The van der Waals surface area contributed by atoms with Crippen molar-refractivity contribution in [2.45, 2.75) is 64.8 Å². The molecule has 2 heterocycles. The molecule has 3 rings (SSSR count). The lowest BCUT2D eigenvalue weighted by molar-refractivity contribution is -0.122. The Bertz CT molecular complexity index is 776. The van der Waals surface area contributed by atoms with E-state index < -0.39 is 0 Å². The highest BCUT2D eigenvalue weighted by Gasteiger charge is 2.30. The molecule has 0 radical (unpaired) electrons. The molecular weight excluding hydrogens is 390 g/mol. The molecule has 2 aliphatic rings. The van der Waals surface area contributed by atoms with Crippen molar-refractivity contribution in [1.29, 1.82) is 0 Å². The number of nitrogens with one attached hydrogen (secondary N) is 1. The van der Waals surface area contributed by atoms with Crippen LogP contribution in [0.4, 0.5) is 5.00 Å². The lowest BCUT2D eigenvalue weighted by atomic mass is 9.88. The first kappa shape index (κ1) is 21.8. The van der Waals surface area contributed by atoms with E-state index in [9.17, 15) is 14.4 Å². The number of ether oxygens (including phenoxy) is 1. The first-order chi connectivity index (χ1) is 13.9. The van der Waals surface area contributed by atoms with Gasteiger partial charge in [0.25, 0.3) is 0 Å². The van der Waals surface area contributed by atoms with E-state index >= 15 is 0 Å². The third-order valence-electron chi connectivity index (χ3n) is 5.78. The molecule has 1 aromatic rings. The molecule has 0 spiro atoms. The Morgan fingerprint density at radius 3 is 2.79 bits per heavy atom. The summed E-state index contributed by atoms with van der Waals surface area (Å²) in [7, 11) is 0. The van der Waals surface area contributed by atoms with Crippen LogP contribution >= 0.6 is 11.3 Å². The number of amides is 2. The van der Waals surface area contributed by atoms with Gasteiger partial charge in [-0.15, -0.1) is 11.3 Å². The summed E-state index contributed by atoms with van der Waals surface area (Å²) >= 11 is 1.50. The van der Waals surface area contributed by atoms with E-state index in [1.54, 1.807) is 6.92 Å². The van der Waals surface area contributed by atoms with Gasteiger partial charge in [0.2, 0.25) is 11.8 Å². The van der Waals surface area contributed by atoms with Crippen LogP contribution < -0.4 is 11.1 Å². The van der Waals surface area contributed by atoms with Crippen LogP contribution in [0.5, 0.6) is 0 Å². The average molecular weight is 422 g/mol. The van der Waals surface area contributed by atoms with Gasteiger partial charge in [-0.3, -0.25) is 14.5 Å². The maximum atomic E-state index is 12.8. The second-order valence-corrected chi connectivity index (χ2v) is 9.22. The molecule has 1 aliphatic carbocycles. The van der Waals surface area contributed by atoms with Gasteiger partial charge < -0.3 is 15.8 Å². The van der Waals surface area contributed by atoms with E-state index in [0.29, 0.717) is 23.1 Å². The molecular formula is C21H31N3O4S. The Balaban J connectivity index is 1.75. The van der Waals surface area contributed by atoms with Gasteiger partial charge in [0.05, 0.1) is 18.7 Å². The molecule has 1 saturated heterocycles. The normalized spacial score (nSPS) is 22.0. The van der Waals surface area contributed by atoms with Crippen LogP contribution in [0, 0.1) is 5.92 Å². The minimum atomic E-state index is -0.362. The average Bonchev–Trinajstić information content (AvgIpc) is 2.99. The molecule has 0 saturated carbocycles. The zero-order valence-corrected chi connectivity index (χ0v) is 18.1. The number of anilines is 1. The summed E-state index contributed by atoms with van der Waals surface area (Å²) in [5, 5.41) is 3.56. The second-order valence-electron chi connectivity index (χ2n) is 8.12. The van der Waals surface area contributed by atoms with Crippen molar-refractivity contribution in [2.75, 3.05) is 25.0 Å². The van der Waals surface area contributed by atoms with E-state index in [4.69, 9.17) is 10.5 Å². The second kappa shape index (κ2) is 9.71. The molecule has 1 aromatic heterocycles. The molecule has 1 aliphatic heterocycles. The van der Waals surface area contributed by atoms with E-state index in [1.165, 1.54) is 16.2 Å². The summed E-state index contributed by atoms with van der Waals surface area (Å²) in [4.78, 5) is 40.0. The SMILES string of the molecule is CCOC(=O)c1c(NC(=O)CN2CCCC[C@@H]2CC(N)=O)sc2c1CC[C@H](C)C2. The number of hydrogen-bond acceptors (Lipinski definition) is 6. The van der Waals surface area contributed by atoms with Crippen LogP contribution in [-0.4, -0.2) is 48.4 Å². The largest absolute Gasteiger partial charge is 0.462 e. The summed E-state index contributed by atoms with van der Waals surface area (Å²) in [6.07, 6.45) is 5.98. The number of esters is 1. The van der Waals surface area contributed by atoms with Gasteiger partial charge in [-0.05, 0) is 57.1 Å². The molecule has 7 nitrogen and oxygen atoms in total. The van der Waals surface area contributed by atoms with Crippen LogP contribution in [0.15, 0.2) is 0 Å². The number of likely N-dealkylation sites (tertiary alicyclic amines) is 1. The Morgan fingerprint density at radius 1 is 1.28 bits per heavy atom. The highest BCUT2D eigenvalue weighted by atomic mass is 32.1. The lowest BCUT2D eigenvalue weighted by Crippen LogP contribution is -2.45. The van der Waals surface area contributed by atoms with Crippen molar-refractivity contribution in [2.24, 2.45) is 11.7 Å². The Labute approximate surface area is 176 Å². The van der Waals surface area contributed by atoms with Crippen molar-refractivity contribution >= 4 is 34.1 Å². The number of primary amides is 1. The minimum absolute atomic E-state index is 0.00826. The first-order valence-corrected chi connectivity index (χ1v) is 11.3. The number of carbonyl (C=O) groups is 3. The maximum absolute atomic E-state index is 12.8. The molecule has 1 fully saturated rings. The van der Waals surface area contributed by atoms with Crippen molar-refractivity contribution in [3.8, 4) is 0 Å². The van der Waals surface area contributed by atoms with Gasteiger partial charge in [-0.2, -0.15) is 0 Å². The summed E-state index contributed by atoms with van der Waals surface area (Å²) in [6.45, 7) is 5.26. The Hall–Kier alpha value is -1.93. The molecule has 0 aromatic carbocycles. The van der Waals surface area contributed by atoms with E-state index in [1.807, 2.05) is 4.90 Å². The van der Waals surface area contributed by atoms with Crippen LogP contribution in [-0.2, 0) is 27.2 Å². The number of nitrogens with zero attached hydrogens (tertiary/aromatic N) is 1. The predicted molar refractivity (Wildman–Crippen MR) is 113 cm³/mol. The highest BCUT2D eigenvalue weighted by molar-refractivity contribution is 7.17. The van der Waals surface area contributed by atoms with Gasteiger partial charge in [-0.25, -0.2) is 4.79 Å². The van der Waals surface area contributed by atoms with Gasteiger partial charge in [0.1, 0.15) is 5.00 Å². The van der Waals surface area contributed by atoms with Crippen LogP contribution in [0.3, 0.4) is 0 Å². The first-order valence-electron chi connectivity index (χ1n) is 10.5. The molecule has 3 N–H and O–H groups in total. The summed E-state index contributed by atoms with van der Waals surface area (Å²) in [5.74, 6) is -0.299. The van der Waals surface area contributed by atoms with Gasteiger partial charge >= 0.3 is 5.97 Å². The topological polar surface area (TPSA) is 102 Å². The fourth-order valence-electron chi connectivity index (χ4n) is 4.34. The molecule has 0 bridgehead atoms. The van der Waals surface area contributed by atoms with Crippen molar-refractivity contribution in [1.82, 2.24) is 4.90 Å². The summed E-state index contributed by atoms with van der Waals surface area (Å²) in [5.41, 5.74) is 6.93. The van der Waals surface area contributed by atoms with Crippen LogP contribution in [0.2, 0.25) is 0 Å². The lowest BCUT2D eigenvalue weighted by Gasteiger charge is -2.34. The highest BCUT2D eigenvalue weighted by Crippen LogP contribution is 2.40. The van der Waals surface area contributed by atoms with E-state index in [2.05, 4.69) is 12.2 Å². The van der Waals surface area contributed by atoms with Gasteiger partial charge in [-0.1, -0.05) is 13.3 Å². The number of piperidine rings is 1. The fraction of sp³-hybridized carbons (Fsp3) is 0.667. The predicted octanol–water partition coefficient (Wildman–Crippen LogP) is 2.72. The summed E-state index contributed by atoms with van der Waals surface area (Å²) < 4.78 is 5.27. The monoisotopic (exact) mass is 421 g/mol. The molecule has 0 unspecified atom stereocenters. The van der Waals surface area contributed by atoms with E-state index in [0.717, 1.165) is 50.6 Å². The number of fused-ring (bicyclic) bond motifs is 1. The Kier molecular flexibility index (Phi) is 7.29. The number of carbonyl (C=O) groups excluding carboxylic acids is 3. The third kappa shape index (κ3) is 5.36. The molecule has 29 heavy (non-hydrogen) atoms. The van der Waals surface area contributed by atoms with Crippen molar-refractivity contribution < 1.29 is 19.1 Å². The quantitative estimate of drug-likeness (QED) is 0.659. The number of thiophene rings is 1. The molecule has 8 heteroatoms. The zero-order chi connectivity index (χ0) is 21.0. The van der Waals surface area contributed by atoms with Crippen LogP contribution in [0.1, 0.15) is 66.8 Å². The van der Waals surface area contributed by atoms with Crippen LogP contribution in [0.25, 0.3) is 0 Å². The standard InChI is InChI=1S/C21H31N3O4S/c1-3-28-21(27)19-15-8-7-13(2)10-16(15)29-20(19)23-18(26)12-24-9-5-4-6-14(24)11-17(22)25/h13-14H,3-12H2,1-2H3,(H2,22,25)(H,23,26)/t13-,14+/m0/s1. The molecule has 160 valence electrons. The number of rotatable bonds is 7. The molecule has 2 amide bonds. The molecule has 2 atom stereocenters. The van der Waals surface area contributed by atoms with Gasteiger partial charge in [0.15, 0.2) is 0 Å². The third-order valence-corrected chi connectivity index (χ3v) is 6.95. The fourth-order valence-corrected chi connectivity index (χ4v) is 5.76. The Morgan fingerprint density at radius 2 is 2.07 bits per heavy atom. The maximum Gasteiger partial charge on any atom is 0.341 e. The van der Waals surface area contributed by atoms with Crippen molar-refractivity contribution in [3.63, 3.8) is 0 Å². The minimum Gasteiger partial charge on any atom is -0.462 e. The van der Waals surface area contributed by atoms with Gasteiger partial charge in [0, 0.05) is 17.3 Å². The number of hydrogen-bond donors (Lipinski definition) is 2. The van der Waals surface area contributed by atoms with Crippen molar-refractivity contribution in [3.05, 3.63) is 16.0 Å². The smallest absolute Gasteiger partial charge is 0.341 e. The number of nitrogens with two attached hydrogens (primary N) is 1.